The molecule has 0 saturated heterocycles. The first-order valence-electron chi connectivity index (χ1n) is 5.22. The van der Waals surface area contributed by atoms with E-state index >= 15 is 0 Å². The SMILES string of the molecule is C=CCOC(=O)N1Cc2cnc(C(=O)O)nc2C1. The molecule has 0 radical (unpaired) electrons. The number of nitrogens with zero attached hydrogens (tertiary/aromatic N) is 3. The van der Waals surface area contributed by atoms with Gasteiger partial charge in [-0.1, -0.05) is 12.7 Å². The van der Waals surface area contributed by atoms with Crippen molar-refractivity contribution in [1.29, 1.82) is 0 Å². The molecule has 94 valence electrons. The fourth-order valence-corrected chi connectivity index (χ4v) is 1.61. The molecule has 7 nitrogen and oxygen atoms in total. The van der Waals surface area contributed by atoms with Crippen LogP contribution in [0.25, 0.3) is 0 Å². The van der Waals surface area contributed by atoms with Gasteiger partial charge in [0.1, 0.15) is 6.61 Å². The number of fused-ring (bicyclic) bond motifs is 1. The number of hydrogen-bond donors (Lipinski definition) is 1. The Morgan fingerprint density at radius 2 is 2.33 bits per heavy atom. The molecule has 1 N–H and O–H groups in total. The van der Waals surface area contributed by atoms with E-state index in [1.807, 2.05) is 0 Å². The lowest BCUT2D eigenvalue weighted by atomic mass is 10.3. The third kappa shape index (κ3) is 2.29. The van der Waals surface area contributed by atoms with Gasteiger partial charge in [0.05, 0.1) is 18.8 Å². The molecular weight excluding hydrogens is 238 g/mol. The largest absolute Gasteiger partial charge is 0.475 e. The summed E-state index contributed by atoms with van der Waals surface area (Å²) in [6.45, 7) is 4.14. The highest BCUT2D eigenvalue weighted by molar-refractivity contribution is 5.83. The van der Waals surface area contributed by atoms with Gasteiger partial charge < -0.3 is 9.84 Å². The Balaban J connectivity index is 2.10. The zero-order chi connectivity index (χ0) is 13.1. The molecule has 0 saturated carbocycles. The smallest absolute Gasteiger partial charge is 0.410 e. The summed E-state index contributed by atoms with van der Waals surface area (Å²) in [5.74, 6) is -1.46. The van der Waals surface area contributed by atoms with Crippen molar-refractivity contribution in [2.75, 3.05) is 6.61 Å². The van der Waals surface area contributed by atoms with Crippen LogP contribution in [0.4, 0.5) is 4.79 Å². The summed E-state index contributed by atoms with van der Waals surface area (Å²) in [7, 11) is 0. The second-order valence-electron chi connectivity index (χ2n) is 3.69. The maximum Gasteiger partial charge on any atom is 0.410 e. The molecule has 0 bridgehead atoms. The summed E-state index contributed by atoms with van der Waals surface area (Å²) in [4.78, 5) is 31.3. The molecule has 0 spiro atoms. The van der Waals surface area contributed by atoms with Crippen LogP contribution in [-0.2, 0) is 17.8 Å². The number of carboxylic acids is 1. The molecule has 7 heteroatoms. The van der Waals surface area contributed by atoms with Crippen molar-refractivity contribution in [2.45, 2.75) is 13.1 Å². The van der Waals surface area contributed by atoms with E-state index in [1.165, 1.54) is 17.2 Å². The molecule has 0 aliphatic carbocycles. The molecule has 2 heterocycles. The van der Waals surface area contributed by atoms with Crippen molar-refractivity contribution in [3.8, 4) is 0 Å². The van der Waals surface area contributed by atoms with Gasteiger partial charge in [-0.3, -0.25) is 4.90 Å². The Bertz CT molecular complexity index is 515. The average Bonchev–Trinajstić information content (AvgIpc) is 2.78. The maximum absolute atomic E-state index is 11.6. The average molecular weight is 249 g/mol. The first-order valence-corrected chi connectivity index (χ1v) is 5.22. The Morgan fingerprint density at radius 3 is 3.00 bits per heavy atom. The van der Waals surface area contributed by atoms with Gasteiger partial charge in [-0.15, -0.1) is 0 Å². The number of hydrogen-bond acceptors (Lipinski definition) is 5. The molecule has 2 rings (SSSR count). The number of ether oxygens (including phenoxy) is 1. The van der Waals surface area contributed by atoms with E-state index in [9.17, 15) is 9.59 Å². The Morgan fingerprint density at radius 1 is 1.56 bits per heavy atom. The summed E-state index contributed by atoms with van der Waals surface area (Å²) < 4.78 is 4.89. The van der Waals surface area contributed by atoms with Crippen LogP contribution in [-0.4, -0.2) is 38.6 Å². The van der Waals surface area contributed by atoms with Gasteiger partial charge in [0.25, 0.3) is 0 Å². The lowest BCUT2D eigenvalue weighted by Crippen LogP contribution is -2.26. The second kappa shape index (κ2) is 4.82. The van der Waals surface area contributed by atoms with E-state index in [-0.39, 0.29) is 19.0 Å². The van der Waals surface area contributed by atoms with E-state index in [0.29, 0.717) is 12.2 Å². The monoisotopic (exact) mass is 249 g/mol. The summed E-state index contributed by atoms with van der Waals surface area (Å²) in [6, 6.07) is 0. The first-order chi connectivity index (χ1) is 8.61. The van der Waals surface area contributed by atoms with Crippen LogP contribution in [0.2, 0.25) is 0 Å². The Labute approximate surface area is 103 Å². The number of carboxylic acid groups (broad SMARTS) is 1. The molecule has 1 aliphatic rings. The van der Waals surface area contributed by atoms with Crippen LogP contribution in [0.15, 0.2) is 18.9 Å². The van der Waals surface area contributed by atoms with Crippen molar-refractivity contribution in [3.63, 3.8) is 0 Å². The van der Waals surface area contributed by atoms with Crippen molar-refractivity contribution in [2.24, 2.45) is 0 Å². The van der Waals surface area contributed by atoms with Gasteiger partial charge in [-0.2, -0.15) is 0 Å². The number of carbonyl (C=O) groups excluding carboxylic acids is 1. The van der Waals surface area contributed by atoms with Crippen molar-refractivity contribution in [3.05, 3.63) is 35.9 Å². The molecule has 1 aromatic rings. The van der Waals surface area contributed by atoms with Crippen LogP contribution in [0.5, 0.6) is 0 Å². The molecule has 1 amide bonds. The summed E-state index contributed by atoms with van der Waals surface area (Å²) >= 11 is 0. The molecule has 0 fully saturated rings. The van der Waals surface area contributed by atoms with Gasteiger partial charge in [-0.05, 0) is 0 Å². The van der Waals surface area contributed by atoms with Crippen LogP contribution in [0.3, 0.4) is 0 Å². The fourth-order valence-electron chi connectivity index (χ4n) is 1.61. The van der Waals surface area contributed by atoms with Gasteiger partial charge >= 0.3 is 12.1 Å². The standard InChI is InChI=1S/C11H11N3O4/c1-2-3-18-11(17)14-5-7-4-12-9(10(15)16)13-8(7)6-14/h2,4H,1,3,5-6H2,(H,15,16). The lowest BCUT2D eigenvalue weighted by molar-refractivity contribution is 0.0683. The molecule has 0 aromatic carbocycles. The minimum Gasteiger partial charge on any atom is -0.475 e. The minimum atomic E-state index is -1.19. The number of aromatic carboxylic acids is 1. The van der Waals surface area contributed by atoms with Crippen molar-refractivity contribution >= 4 is 12.1 Å². The van der Waals surface area contributed by atoms with E-state index < -0.39 is 12.1 Å². The zero-order valence-corrected chi connectivity index (χ0v) is 9.50. The molecule has 0 atom stereocenters. The molecular formula is C11H11N3O4. The first kappa shape index (κ1) is 12.0. The lowest BCUT2D eigenvalue weighted by Gasteiger charge is -2.13. The zero-order valence-electron chi connectivity index (χ0n) is 9.50. The summed E-state index contributed by atoms with van der Waals surface area (Å²) in [5.41, 5.74) is 1.27. The summed E-state index contributed by atoms with van der Waals surface area (Å²) in [5, 5.41) is 8.77. The van der Waals surface area contributed by atoms with Gasteiger partial charge in [-0.25, -0.2) is 19.6 Å². The normalized spacial score (nSPS) is 13.0. The van der Waals surface area contributed by atoms with Crippen molar-refractivity contribution < 1.29 is 19.4 Å². The van der Waals surface area contributed by atoms with E-state index in [4.69, 9.17) is 9.84 Å². The van der Waals surface area contributed by atoms with Gasteiger partial charge in [0.15, 0.2) is 0 Å². The highest BCUT2D eigenvalue weighted by Crippen LogP contribution is 2.20. The van der Waals surface area contributed by atoms with E-state index in [1.54, 1.807) is 0 Å². The third-order valence-electron chi connectivity index (χ3n) is 2.43. The maximum atomic E-state index is 11.6. The summed E-state index contributed by atoms with van der Waals surface area (Å²) in [6.07, 6.45) is 2.42. The molecule has 1 aromatic heterocycles. The highest BCUT2D eigenvalue weighted by Gasteiger charge is 2.26. The van der Waals surface area contributed by atoms with Crippen LogP contribution in [0, 0.1) is 0 Å². The van der Waals surface area contributed by atoms with Crippen LogP contribution >= 0.6 is 0 Å². The predicted molar refractivity (Wildman–Crippen MR) is 59.8 cm³/mol. The van der Waals surface area contributed by atoms with Gasteiger partial charge in [0.2, 0.25) is 5.82 Å². The third-order valence-corrected chi connectivity index (χ3v) is 2.43. The predicted octanol–water partition coefficient (Wildman–Crippen LogP) is 0.813. The van der Waals surface area contributed by atoms with Crippen LogP contribution < -0.4 is 0 Å². The minimum absolute atomic E-state index is 0.137. The van der Waals surface area contributed by atoms with Crippen LogP contribution in [0.1, 0.15) is 21.9 Å². The van der Waals surface area contributed by atoms with Gasteiger partial charge in [0, 0.05) is 11.8 Å². The number of aromatic nitrogens is 2. The molecule has 18 heavy (non-hydrogen) atoms. The number of carbonyl (C=O) groups is 2. The second-order valence-corrected chi connectivity index (χ2v) is 3.69. The van der Waals surface area contributed by atoms with E-state index in [2.05, 4.69) is 16.5 Å². The highest BCUT2D eigenvalue weighted by atomic mass is 16.6. The fraction of sp³-hybridized carbons (Fsp3) is 0.273. The topological polar surface area (TPSA) is 92.6 Å². The molecule has 1 aliphatic heterocycles. The number of rotatable bonds is 3. The Hall–Kier alpha value is -2.44. The van der Waals surface area contributed by atoms with E-state index in [0.717, 1.165) is 5.56 Å². The molecule has 0 unspecified atom stereocenters. The van der Waals surface area contributed by atoms with Crippen molar-refractivity contribution in [1.82, 2.24) is 14.9 Å². The Kier molecular flexibility index (Phi) is 3.22. The number of amides is 1. The quantitative estimate of drug-likeness (QED) is 0.797.